The van der Waals surface area contributed by atoms with Crippen molar-refractivity contribution in [3.05, 3.63) is 29.6 Å². The molecule has 0 aliphatic carbocycles. The second-order valence-electron chi connectivity index (χ2n) is 5.15. The maximum atomic E-state index is 13.1. The molecule has 0 aromatic heterocycles. The lowest BCUT2D eigenvalue weighted by Gasteiger charge is -2.37. The number of carbonyl (C=O) groups is 1. The summed E-state index contributed by atoms with van der Waals surface area (Å²) in [5, 5.41) is 9.61. The fraction of sp³-hybridized carbons (Fsp3) is 0.500. The zero-order valence-electron chi connectivity index (χ0n) is 11.3. The van der Waals surface area contributed by atoms with Gasteiger partial charge in [0.2, 0.25) is 0 Å². The quantitative estimate of drug-likeness (QED) is 0.839. The van der Waals surface area contributed by atoms with Crippen molar-refractivity contribution in [2.45, 2.75) is 13.0 Å². The maximum absolute atomic E-state index is 13.1. The van der Waals surface area contributed by atoms with E-state index in [9.17, 15) is 14.3 Å². The summed E-state index contributed by atoms with van der Waals surface area (Å²) in [5.41, 5.74) is 0.0616. The molecule has 0 spiro atoms. The van der Waals surface area contributed by atoms with Crippen molar-refractivity contribution in [1.29, 1.82) is 0 Å². The Balaban J connectivity index is 2.03. The summed E-state index contributed by atoms with van der Waals surface area (Å²) in [6.07, 6.45) is 0. The van der Waals surface area contributed by atoms with Crippen molar-refractivity contribution in [3.8, 4) is 5.75 Å². The number of hydrogen-bond acceptors (Lipinski definition) is 4. The highest BCUT2D eigenvalue weighted by atomic mass is 19.1. The van der Waals surface area contributed by atoms with Gasteiger partial charge in [-0.05, 0) is 32.2 Å². The van der Waals surface area contributed by atoms with Gasteiger partial charge in [-0.15, -0.1) is 0 Å². The minimum Gasteiger partial charge on any atom is -0.507 e. The predicted octanol–water partition coefficient (Wildman–Crippen LogP) is 1.35. The minimum absolute atomic E-state index is 0.0616. The summed E-state index contributed by atoms with van der Waals surface area (Å²) in [5.74, 6) is -0.907. The lowest BCUT2D eigenvalue weighted by molar-refractivity contribution is 0.0783. The number of nitrogens with zero attached hydrogens (tertiary/aromatic N) is 2. The van der Waals surface area contributed by atoms with E-state index in [0.29, 0.717) is 6.04 Å². The van der Waals surface area contributed by atoms with Crippen LogP contribution in [0.3, 0.4) is 0 Å². The first-order valence-corrected chi connectivity index (χ1v) is 6.41. The monoisotopic (exact) mass is 266 g/mol. The highest BCUT2D eigenvalue weighted by Crippen LogP contribution is 2.19. The molecule has 0 radical (unpaired) electrons. The molecule has 4 nitrogen and oxygen atoms in total. The zero-order chi connectivity index (χ0) is 14.0. The van der Waals surface area contributed by atoms with Crippen LogP contribution < -0.4 is 0 Å². The van der Waals surface area contributed by atoms with E-state index in [1.807, 2.05) is 4.90 Å². The van der Waals surface area contributed by atoms with Crippen LogP contribution in [-0.4, -0.2) is 60.0 Å². The molecule has 5 heteroatoms. The van der Waals surface area contributed by atoms with Gasteiger partial charge >= 0.3 is 0 Å². The van der Waals surface area contributed by atoms with Crippen LogP contribution in [-0.2, 0) is 0 Å². The molecule has 104 valence electrons. The van der Waals surface area contributed by atoms with Gasteiger partial charge in [-0.2, -0.15) is 0 Å². The number of halogens is 1. The Morgan fingerprint density at radius 1 is 1.47 bits per heavy atom. The average molecular weight is 266 g/mol. The lowest BCUT2D eigenvalue weighted by atomic mass is 10.1. The molecular weight excluding hydrogens is 247 g/mol. The van der Waals surface area contributed by atoms with Gasteiger partial charge in [-0.25, -0.2) is 4.39 Å². The summed E-state index contributed by atoms with van der Waals surface area (Å²) in [7, 11) is 2.06. The Morgan fingerprint density at radius 3 is 2.89 bits per heavy atom. The normalized spacial score (nSPS) is 21.5. The van der Waals surface area contributed by atoms with Crippen molar-refractivity contribution in [2.24, 2.45) is 0 Å². The lowest BCUT2D eigenvalue weighted by Crippen LogP contribution is -2.51. The van der Waals surface area contributed by atoms with Crippen LogP contribution in [0.5, 0.6) is 5.75 Å². The summed E-state index contributed by atoms with van der Waals surface area (Å²) in [6, 6.07) is 3.85. The number of carbonyl (C=O) groups excluding carboxylic acids is 1. The van der Waals surface area contributed by atoms with E-state index in [1.165, 1.54) is 6.07 Å². The minimum atomic E-state index is -0.507. The zero-order valence-corrected chi connectivity index (χ0v) is 11.3. The highest BCUT2D eigenvalue weighted by Gasteiger charge is 2.23. The molecule has 0 bridgehead atoms. The van der Waals surface area contributed by atoms with Gasteiger partial charge in [0.1, 0.15) is 11.6 Å². The van der Waals surface area contributed by atoms with Gasteiger partial charge < -0.3 is 10.0 Å². The van der Waals surface area contributed by atoms with Crippen LogP contribution in [0.1, 0.15) is 17.3 Å². The molecule has 1 aromatic rings. The molecule has 1 heterocycles. The van der Waals surface area contributed by atoms with Gasteiger partial charge in [-0.1, -0.05) is 0 Å². The van der Waals surface area contributed by atoms with Crippen molar-refractivity contribution in [1.82, 2.24) is 9.80 Å². The number of ketones is 1. The maximum Gasteiger partial charge on any atom is 0.180 e. The Bertz CT molecular complexity index is 479. The average Bonchev–Trinajstić information content (AvgIpc) is 2.36. The number of phenolic OH excluding ortho intramolecular Hbond substituents is 1. The Kier molecular flexibility index (Phi) is 4.17. The molecule has 1 aromatic carbocycles. The number of hydrogen-bond donors (Lipinski definition) is 1. The van der Waals surface area contributed by atoms with Crippen molar-refractivity contribution < 1.29 is 14.3 Å². The van der Waals surface area contributed by atoms with E-state index >= 15 is 0 Å². The molecular formula is C14H19FN2O2. The van der Waals surface area contributed by atoms with E-state index in [-0.39, 0.29) is 23.6 Å². The third-order valence-electron chi connectivity index (χ3n) is 3.67. The number of rotatable bonds is 3. The van der Waals surface area contributed by atoms with E-state index in [1.54, 1.807) is 0 Å². The highest BCUT2D eigenvalue weighted by molar-refractivity contribution is 6.00. The van der Waals surface area contributed by atoms with Gasteiger partial charge in [0.05, 0.1) is 12.1 Å². The summed E-state index contributed by atoms with van der Waals surface area (Å²) in [4.78, 5) is 16.4. The molecule has 1 fully saturated rings. The molecule has 1 N–H and O–H groups in total. The van der Waals surface area contributed by atoms with Crippen LogP contribution >= 0.6 is 0 Å². The molecule has 19 heavy (non-hydrogen) atoms. The first kappa shape index (κ1) is 14.0. The van der Waals surface area contributed by atoms with Crippen molar-refractivity contribution >= 4 is 5.78 Å². The number of piperazine rings is 1. The molecule has 1 aliphatic rings. The summed E-state index contributed by atoms with van der Waals surface area (Å²) < 4.78 is 13.1. The van der Waals surface area contributed by atoms with Crippen LogP contribution in [0, 0.1) is 5.82 Å². The summed E-state index contributed by atoms with van der Waals surface area (Å²) >= 11 is 0. The van der Waals surface area contributed by atoms with E-state index in [0.717, 1.165) is 31.8 Å². The van der Waals surface area contributed by atoms with Gasteiger partial charge in [-0.3, -0.25) is 9.69 Å². The molecule has 1 aliphatic heterocycles. The smallest absolute Gasteiger partial charge is 0.180 e. The fourth-order valence-corrected chi connectivity index (χ4v) is 2.29. The van der Waals surface area contributed by atoms with Crippen molar-refractivity contribution in [3.63, 3.8) is 0 Å². The standard InChI is InChI=1S/C14H19FN2O2/c1-10-8-17(6-5-16(10)2)9-14(19)12-7-11(15)3-4-13(12)18/h3-4,7,10,18H,5-6,8-9H2,1-2H3. The second kappa shape index (κ2) is 5.67. The Labute approximate surface area is 112 Å². The molecule has 2 rings (SSSR count). The third-order valence-corrected chi connectivity index (χ3v) is 3.67. The van der Waals surface area contributed by atoms with Gasteiger partial charge in [0.25, 0.3) is 0 Å². The molecule has 0 saturated carbocycles. The molecule has 0 amide bonds. The molecule has 1 unspecified atom stereocenters. The van der Waals surface area contributed by atoms with Crippen LogP contribution in [0.25, 0.3) is 0 Å². The van der Waals surface area contributed by atoms with Crippen LogP contribution in [0.15, 0.2) is 18.2 Å². The van der Waals surface area contributed by atoms with Gasteiger partial charge in [0, 0.05) is 25.7 Å². The molecule has 1 saturated heterocycles. The Hall–Kier alpha value is -1.46. The molecule has 1 atom stereocenters. The van der Waals surface area contributed by atoms with Crippen LogP contribution in [0.4, 0.5) is 4.39 Å². The Morgan fingerprint density at radius 2 is 2.21 bits per heavy atom. The van der Waals surface area contributed by atoms with E-state index < -0.39 is 5.82 Å². The first-order chi connectivity index (χ1) is 8.97. The number of Topliss-reactive ketones (excluding diaryl/α,β-unsaturated/α-hetero) is 1. The van der Waals surface area contributed by atoms with E-state index in [2.05, 4.69) is 18.9 Å². The largest absolute Gasteiger partial charge is 0.507 e. The fourth-order valence-electron chi connectivity index (χ4n) is 2.29. The van der Waals surface area contributed by atoms with Crippen LogP contribution in [0.2, 0.25) is 0 Å². The summed E-state index contributed by atoms with van der Waals surface area (Å²) in [6.45, 7) is 4.84. The number of phenols is 1. The third kappa shape index (κ3) is 3.30. The number of benzene rings is 1. The SMILES string of the molecule is CC1CN(CC(=O)c2cc(F)ccc2O)CCN1C. The second-order valence-corrected chi connectivity index (χ2v) is 5.15. The first-order valence-electron chi connectivity index (χ1n) is 6.41. The predicted molar refractivity (Wildman–Crippen MR) is 70.9 cm³/mol. The number of likely N-dealkylation sites (N-methyl/N-ethyl adjacent to an activating group) is 1. The topological polar surface area (TPSA) is 43.8 Å². The van der Waals surface area contributed by atoms with Gasteiger partial charge in [0.15, 0.2) is 5.78 Å². The number of aromatic hydroxyl groups is 1. The van der Waals surface area contributed by atoms with E-state index in [4.69, 9.17) is 0 Å². The van der Waals surface area contributed by atoms with Crippen molar-refractivity contribution in [2.75, 3.05) is 33.2 Å².